The Balaban J connectivity index is 1.64. The number of nitrogens with two attached hydrogens (primary N) is 1. The average molecular weight is 365 g/mol. The summed E-state index contributed by atoms with van der Waals surface area (Å²) in [5.41, 5.74) is 2.18. The van der Waals surface area contributed by atoms with E-state index in [1.165, 1.54) is 16.3 Å². The van der Waals surface area contributed by atoms with Gasteiger partial charge in [0.15, 0.2) is 6.54 Å². The van der Waals surface area contributed by atoms with Gasteiger partial charge in [-0.25, -0.2) is 0 Å². The maximum Gasteiger partial charge on any atom is 0.279 e. The van der Waals surface area contributed by atoms with Gasteiger partial charge in [-0.05, 0) is 35.9 Å². The normalized spacial score (nSPS) is 11.7. The highest BCUT2D eigenvalue weighted by Gasteiger charge is 2.14. The van der Waals surface area contributed by atoms with Crippen molar-refractivity contribution in [3.8, 4) is 6.07 Å². The molecule has 0 saturated carbocycles. The number of nitriles is 1. The number of rotatable bonds is 5. The zero-order chi connectivity index (χ0) is 18.5. The molecule has 0 bridgehead atoms. The summed E-state index contributed by atoms with van der Waals surface area (Å²) >= 11 is 5.99. The molecule has 0 aliphatic rings. The Hall–Kier alpha value is -2.87. The molecule has 26 heavy (non-hydrogen) atoms. The zero-order valence-electron chi connectivity index (χ0n) is 14.4. The van der Waals surface area contributed by atoms with Gasteiger partial charge < -0.3 is 10.6 Å². The van der Waals surface area contributed by atoms with Gasteiger partial charge in [0.05, 0.1) is 10.6 Å². The number of fused-ring (bicyclic) bond motifs is 1. The van der Waals surface area contributed by atoms with Gasteiger partial charge >= 0.3 is 0 Å². The summed E-state index contributed by atoms with van der Waals surface area (Å²) < 4.78 is 0. The Bertz CT molecular complexity index is 989. The number of carbonyl (C=O) groups is 1. The van der Waals surface area contributed by atoms with Gasteiger partial charge in [0.2, 0.25) is 0 Å². The first-order valence-corrected chi connectivity index (χ1v) is 8.77. The van der Waals surface area contributed by atoms with Crippen LogP contribution >= 0.6 is 11.6 Å². The Morgan fingerprint density at radius 3 is 2.73 bits per heavy atom. The second-order valence-electron chi connectivity index (χ2n) is 6.15. The number of hydrogen-bond acceptors (Lipinski definition) is 2. The Labute approximate surface area is 157 Å². The first-order valence-electron chi connectivity index (χ1n) is 8.39. The number of hydrogen-bond donors (Lipinski definition) is 2. The molecule has 1 atom stereocenters. The van der Waals surface area contributed by atoms with E-state index < -0.39 is 0 Å². The number of amides is 1. The molecule has 3 aromatic rings. The lowest BCUT2D eigenvalue weighted by atomic mass is 10.00. The van der Waals surface area contributed by atoms with E-state index in [0.717, 1.165) is 0 Å². The van der Waals surface area contributed by atoms with Crippen LogP contribution < -0.4 is 10.6 Å². The average Bonchev–Trinajstić information content (AvgIpc) is 2.66. The highest BCUT2D eigenvalue weighted by atomic mass is 35.5. The van der Waals surface area contributed by atoms with Crippen LogP contribution in [-0.2, 0) is 4.79 Å². The molecule has 0 saturated heterocycles. The molecular formula is C21H19ClN3O+. The standard InChI is InChI=1S/C21H18ClN3O/c1-14(18-8-4-6-15-5-2-3-7-19(15)18)24-13-21(26)25-17-10-9-16(12-23)20(22)11-17/h2-11,14,24H,13H2,1H3,(H,25,26)/p+1/t14-/m1/s1. The molecule has 130 valence electrons. The van der Waals surface area contributed by atoms with Gasteiger partial charge in [-0.15, -0.1) is 0 Å². The van der Waals surface area contributed by atoms with Gasteiger partial charge in [-0.3, -0.25) is 4.79 Å². The lowest BCUT2D eigenvalue weighted by molar-refractivity contribution is -0.682. The number of nitrogens with zero attached hydrogens (tertiary/aromatic N) is 1. The molecule has 0 fully saturated rings. The Morgan fingerprint density at radius 1 is 1.19 bits per heavy atom. The largest absolute Gasteiger partial charge is 0.332 e. The van der Waals surface area contributed by atoms with Crippen molar-refractivity contribution in [1.82, 2.24) is 0 Å². The topological polar surface area (TPSA) is 69.5 Å². The molecule has 5 heteroatoms. The van der Waals surface area contributed by atoms with Gasteiger partial charge in [-0.2, -0.15) is 5.26 Å². The third kappa shape index (κ3) is 4.02. The Morgan fingerprint density at radius 2 is 1.96 bits per heavy atom. The van der Waals surface area contributed by atoms with Crippen molar-refractivity contribution in [2.24, 2.45) is 0 Å². The van der Waals surface area contributed by atoms with Crippen LogP contribution in [0.1, 0.15) is 24.1 Å². The fourth-order valence-electron chi connectivity index (χ4n) is 2.95. The van der Waals surface area contributed by atoms with E-state index in [4.69, 9.17) is 16.9 Å². The minimum atomic E-state index is -0.113. The highest BCUT2D eigenvalue weighted by molar-refractivity contribution is 6.32. The predicted octanol–water partition coefficient (Wildman–Crippen LogP) is 3.63. The molecule has 1 amide bonds. The van der Waals surface area contributed by atoms with E-state index in [-0.39, 0.29) is 11.9 Å². The monoisotopic (exact) mass is 364 g/mol. The van der Waals surface area contributed by atoms with Crippen LogP contribution in [0.3, 0.4) is 0 Å². The van der Waals surface area contributed by atoms with Crippen molar-refractivity contribution in [3.63, 3.8) is 0 Å². The van der Waals surface area contributed by atoms with Crippen LogP contribution in [0.25, 0.3) is 10.8 Å². The molecule has 0 aliphatic heterocycles. The summed E-state index contributed by atoms with van der Waals surface area (Å²) in [5.74, 6) is -0.113. The number of anilines is 1. The summed E-state index contributed by atoms with van der Waals surface area (Å²) in [4.78, 5) is 12.2. The molecule has 3 aromatic carbocycles. The van der Waals surface area contributed by atoms with Crippen LogP contribution in [0, 0.1) is 11.3 Å². The third-order valence-electron chi connectivity index (χ3n) is 4.34. The summed E-state index contributed by atoms with van der Waals surface area (Å²) in [5, 5.41) is 16.4. The summed E-state index contributed by atoms with van der Waals surface area (Å²) in [6, 6.07) is 21.5. The molecule has 0 heterocycles. The smallest absolute Gasteiger partial charge is 0.279 e. The van der Waals surface area contributed by atoms with Crippen molar-refractivity contribution in [2.75, 3.05) is 11.9 Å². The van der Waals surface area contributed by atoms with Crippen molar-refractivity contribution < 1.29 is 10.1 Å². The lowest BCUT2D eigenvalue weighted by Gasteiger charge is -2.14. The minimum Gasteiger partial charge on any atom is -0.332 e. The Kier molecular flexibility index (Phi) is 5.52. The van der Waals surface area contributed by atoms with Gasteiger partial charge in [0, 0.05) is 11.3 Å². The van der Waals surface area contributed by atoms with E-state index >= 15 is 0 Å². The fourth-order valence-corrected chi connectivity index (χ4v) is 3.18. The second kappa shape index (κ2) is 8.01. The van der Waals surface area contributed by atoms with Crippen molar-refractivity contribution in [3.05, 3.63) is 76.8 Å². The SMILES string of the molecule is C[C@@H]([NH2+]CC(=O)Nc1ccc(C#N)c(Cl)c1)c1cccc2ccccc12. The van der Waals surface area contributed by atoms with Crippen molar-refractivity contribution in [1.29, 1.82) is 5.26 Å². The molecule has 0 aromatic heterocycles. The molecular weight excluding hydrogens is 346 g/mol. The maximum absolute atomic E-state index is 12.2. The zero-order valence-corrected chi connectivity index (χ0v) is 15.1. The summed E-state index contributed by atoms with van der Waals surface area (Å²) in [6.45, 7) is 2.38. The number of carbonyl (C=O) groups excluding carboxylic acids is 1. The number of nitrogens with one attached hydrogen (secondary N) is 1. The first kappa shape index (κ1) is 17.9. The number of benzene rings is 3. The highest BCUT2D eigenvalue weighted by Crippen LogP contribution is 2.22. The second-order valence-corrected chi connectivity index (χ2v) is 6.56. The maximum atomic E-state index is 12.2. The molecule has 3 rings (SSSR count). The van der Waals surface area contributed by atoms with Gasteiger partial charge in [0.25, 0.3) is 5.91 Å². The fraction of sp³-hybridized carbons (Fsp3) is 0.143. The molecule has 0 unspecified atom stereocenters. The molecule has 0 spiro atoms. The van der Waals surface area contributed by atoms with E-state index in [9.17, 15) is 4.79 Å². The van der Waals surface area contributed by atoms with Crippen LogP contribution in [-0.4, -0.2) is 12.5 Å². The van der Waals surface area contributed by atoms with Crippen LogP contribution in [0.5, 0.6) is 0 Å². The van der Waals surface area contributed by atoms with Crippen molar-refractivity contribution >= 4 is 34.0 Å². The molecule has 3 N–H and O–H groups in total. The summed E-state index contributed by atoms with van der Waals surface area (Å²) in [6.07, 6.45) is 0. The van der Waals surface area contributed by atoms with Crippen molar-refractivity contribution in [2.45, 2.75) is 13.0 Å². The first-order chi connectivity index (χ1) is 12.6. The van der Waals surface area contributed by atoms with Crippen LogP contribution in [0.4, 0.5) is 5.69 Å². The van der Waals surface area contributed by atoms with Crippen LogP contribution in [0.2, 0.25) is 5.02 Å². The third-order valence-corrected chi connectivity index (χ3v) is 4.66. The van der Waals surface area contributed by atoms with Gasteiger partial charge in [0.1, 0.15) is 12.1 Å². The minimum absolute atomic E-state index is 0.113. The number of quaternary nitrogens is 1. The summed E-state index contributed by atoms with van der Waals surface area (Å²) in [7, 11) is 0. The van der Waals surface area contributed by atoms with E-state index in [2.05, 4.69) is 36.5 Å². The number of halogens is 1. The molecule has 4 nitrogen and oxygen atoms in total. The molecule has 0 radical (unpaired) electrons. The lowest BCUT2D eigenvalue weighted by Crippen LogP contribution is -2.86. The van der Waals surface area contributed by atoms with E-state index in [1.807, 2.05) is 29.6 Å². The van der Waals surface area contributed by atoms with E-state index in [0.29, 0.717) is 22.8 Å². The van der Waals surface area contributed by atoms with Gasteiger partial charge in [-0.1, -0.05) is 54.1 Å². The van der Waals surface area contributed by atoms with E-state index in [1.54, 1.807) is 18.2 Å². The predicted molar refractivity (Wildman–Crippen MR) is 104 cm³/mol. The molecule has 0 aliphatic carbocycles. The quantitative estimate of drug-likeness (QED) is 0.725. The van der Waals surface area contributed by atoms with Crippen LogP contribution in [0.15, 0.2) is 60.7 Å².